The molecule has 3 aromatic rings. The summed E-state index contributed by atoms with van der Waals surface area (Å²) in [6.45, 7) is 0. The number of benzene rings is 2. The molecule has 10 heteroatoms. The lowest BCUT2D eigenvalue weighted by molar-refractivity contribution is 0.0549. The molecular weight excluding hydrogens is 484 g/mol. The number of hydrogen-bond donors (Lipinski definition) is 0. The van der Waals surface area contributed by atoms with Gasteiger partial charge in [-0.05, 0) is 34.1 Å². The molecule has 0 aliphatic carbocycles. The molecule has 2 aromatic carbocycles. The number of nitrogens with zero attached hydrogens (tertiary/aromatic N) is 2. The van der Waals surface area contributed by atoms with Crippen molar-refractivity contribution in [3.63, 3.8) is 0 Å². The Morgan fingerprint density at radius 3 is 2.03 bits per heavy atom. The highest BCUT2D eigenvalue weighted by Gasteiger charge is 2.33. The van der Waals surface area contributed by atoms with E-state index < -0.39 is 11.9 Å². The summed E-state index contributed by atoms with van der Waals surface area (Å²) in [5.41, 5.74) is 0.971. The van der Waals surface area contributed by atoms with Crippen molar-refractivity contribution in [3.8, 4) is 34.2 Å². The maximum atomic E-state index is 12.9. The molecule has 0 N–H and O–H groups in total. The first kappa shape index (κ1) is 23.1. The summed E-state index contributed by atoms with van der Waals surface area (Å²) in [4.78, 5) is 25.6. The Morgan fingerprint density at radius 1 is 0.875 bits per heavy atom. The summed E-state index contributed by atoms with van der Waals surface area (Å²) in [6.07, 6.45) is 0. The fourth-order valence-electron chi connectivity index (χ4n) is 3.24. The van der Waals surface area contributed by atoms with Gasteiger partial charge < -0.3 is 23.7 Å². The third-order valence-electron chi connectivity index (χ3n) is 4.68. The summed E-state index contributed by atoms with van der Waals surface area (Å²) in [6, 6.07) is 10.5. The number of para-hydroxylation sites is 1. The minimum absolute atomic E-state index is 0.0711. The van der Waals surface area contributed by atoms with Crippen LogP contribution in [0, 0.1) is 0 Å². The lowest BCUT2D eigenvalue weighted by Crippen LogP contribution is -2.15. The van der Waals surface area contributed by atoms with E-state index in [0.717, 1.165) is 0 Å². The number of aromatic nitrogens is 2. The van der Waals surface area contributed by atoms with Gasteiger partial charge in [0, 0.05) is 5.56 Å². The lowest BCUT2D eigenvalue weighted by atomic mass is 10.0. The topological polar surface area (TPSA) is 98.1 Å². The van der Waals surface area contributed by atoms with Gasteiger partial charge >= 0.3 is 11.9 Å². The second kappa shape index (κ2) is 9.73. The first-order chi connectivity index (χ1) is 15.4. The van der Waals surface area contributed by atoms with Crippen LogP contribution in [0.4, 0.5) is 0 Å². The molecule has 0 radical (unpaired) electrons. The van der Waals surface area contributed by atoms with Crippen LogP contribution in [-0.2, 0) is 9.47 Å². The van der Waals surface area contributed by atoms with E-state index in [9.17, 15) is 9.59 Å². The number of carbonyl (C=O) groups is 2. The van der Waals surface area contributed by atoms with E-state index in [1.807, 2.05) is 6.07 Å². The van der Waals surface area contributed by atoms with Crippen LogP contribution in [0.2, 0.25) is 0 Å². The number of carbonyl (C=O) groups excluding carboxylic acids is 2. The maximum absolute atomic E-state index is 12.9. The Bertz CT molecular complexity index is 1160. The molecule has 0 saturated carbocycles. The minimum atomic E-state index is -0.761. The smallest absolute Gasteiger partial charge is 0.357 e. The van der Waals surface area contributed by atoms with Crippen LogP contribution in [-0.4, -0.2) is 57.3 Å². The van der Waals surface area contributed by atoms with E-state index >= 15 is 0 Å². The molecule has 3 rings (SSSR count). The SMILES string of the molecule is COC(=O)c1c(-c2cc(OC)c(OC)c(OC)c2Br)nn(-c2ccccc2)c1C(=O)OC. The molecule has 1 aromatic heterocycles. The zero-order valence-corrected chi connectivity index (χ0v) is 19.7. The second-order valence-electron chi connectivity index (χ2n) is 6.31. The zero-order valence-electron chi connectivity index (χ0n) is 18.1. The highest BCUT2D eigenvalue weighted by atomic mass is 79.9. The Morgan fingerprint density at radius 2 is 1.50 bits per heavy atom. The van der Waals surface area contributed by atoms with Crippen LogP contribution in [0.1, 0.15) is 20.8 Å². The second-order valence-corrected chi connectivity index (χ2v) is 7.10. The van der Waals surface area contributed by atoms with E-state index in [4.69, 9.17) is 23.7 Å². The highest BCUT2D eigenvalue weighted by molar-refractivity contribution is 9.10. The van der Waals surface area contributed by atoms with Gasteiger partial charge in [-0.15, -0.1) is 0 Å². The highest BCUT2D eigenvalue weighted by Crippen LogP contribution is 2.48. The van der Waals surface area contributed by atoms with E-state index in [1.165, 1.54) is 40.2 Å². The van der Waals surface area contributed by atoms with E-state index in [1.54, 1.807) is 30.3 Å². The van der Waals surface area contributed by atoms with Crippen LogP contribution in [0.15, 0.2) is 40.9 Å². The van der Waals surface area contributed by atoms with Crippen LogP contribution < -0.4 is 14.2 Å². The van der Waals surface area contributed by atoms with Gasteiger partial charge in [0.05, 0.1) is 45.7 Å². The Hall–Kier alpha value is -3.53. The number of esters is 2. The quantitative estimate of drug-likeness (QED) is 0.446. The maximum Gasteiger partial charge on any atom is 0.357 e. The number of rotatable bonds is 7. The first-order valence-electron chi connectivity index (χ1n) is 9.27. The van der Waals surface area contributed by atoms with Gasteiger partial charge in [-0.1, -0.05) is 18.2 Å². The van der Waals surface area contributed by atoms with E-state index in [2.05, 4.69) is 21.0 Å². The Kier molecular flexibility index (Phi) is 7.04. The Labute approximate surface area is 192 Å². The predicted octanol–water partition coefficient (Wildman–Crippen LogP) is 3.90. The normalized spacial score (nSPS) is 10.4. The van der Waals surface area contributed by atoms with Crippen molar-refractivity contribution < 1.29 is 33.3 Å². The van der Waals surface area contributed by atoms with Crippen molar-refractivity contribution in [1.29, 1.82) is 0 Å². The fourth-order valence-corrected chi connectivity index (χ4v) is 3.88. The molecule has 32 heavy (non-hydrogen) atoms. The molecule has 0 atom stereocenters. The van der Waals surface area contributed by atoms with Gasteiger partial charge in [0.15, 0.2) is 17.2 Å². The summed E-state index contributed by atoms with van der Waals surface area (Å²) in [5, 5.41) is 4.59. The van der Waals surface area contributed by atoms with Gasteiger partial charge in [-0.2, -0.15) is 5.10 Å². The van der Waals surface area contributed by atoms with Crippen molar-refractivity contribution in [3.05, 3.63) is 52.1 Å². The molecule has 0 saturated heterocycles. The molecule has 0 spiro atoms. The Balaban J connectivity index is 2.46. The number of hydrogen-bond acceptors (Lipinski definition) is 8. The molecule has 9 nitrogen and oxygen atoms in total. The van der Waals surface area contributed by atoms with Crippen LogP contribution in [0.25, 0.3) is 16.9 Å². The lowest BCUT2D eigenvalue weighted by Gasteiger charge is -2.16. The molecular formula is C22H21BrN2O7. The average molecular weight is 505 g/mol. The molecule has 0 fully saturated rings. The minimum Gasteiger partial charge on any atom is -0.493 e. The number of ether oxygens (including phenoxy) is 5. The largest absolute Gasteiger partial charge is 0.493 e. The van der Waals surface area contributed by atoms with Crippen LogP contribution >= 0.6 is 15.9 Å². The average Bonchev–Trinajstić information content (AvgIpc) is 3.23. The van der Waals surface area contributed by atoms with Crippen LogP contribution in [0.5, 0.6) is 17.2 Å². The van der Waals surface area contributed by atoms with Gasteiger partial charge in [0.1, 0.15) is 11.3 Å². The molecule has 0 aliphatic rings. The third-order valence-corrected chi connectivity index (χ3v) is 5.47. The number of halogens is 1. The van der Waals surface area contributed by atoms with Gasteiger partial charge in [0.2, 0.25) is 5.75 Å². The molecule has 0 unspecified atom stereocenters. The zero-order chi connectivity index (χ0) is 23.4. The predicted molar refractivity (Wildman–Crippen MR) is 119 cm³/mol. The van der Waals surface area contributed by atoms with Crippen LogP contribution in [0.3, 0.4) is 0 Å². The van der Waals surface area contributed by atoms with Crippen molar-refractivity contribution >= 4 is 27.9 Å². The summed E-state index contributed by atoms with van der Waals surface area (Å²) < 4.78 is 28.1. The van der Waals surface area contributed by atoms with Gasteiger partial charge in [-0.25, -0.2) is 14.3 Å². The van der Waals surface area contributed by atoms with Crippen molar-refractivity contribution in [2.24, 2.45) is 0 Å². The van der Waals surface area contributed by atoms with Gasteiger partial charge in [-0.3, -0.25) is 0 Å². The third kappa shape index (κ3) is 3.89. The van der Waals surface area contributed by atoms with Crippen molar-refractivity contribution in [2.75, 3.05) is 35.5 Å². The molecule has 168 valence electrons. The van der Waals surface area contributed by atoms with Crippen molar-refractivity contribution in [2.45, 2.75) is 0 Å². The summed E-state index contributed by atoms with van der Waals surface area (Å²) in [7, 11) is 6.86. The molecule has 0 aliphatic heterocycles. The van der Waals surface area contributed by atoms with Gasteiger partial charge in [0.25, 0.3) is 0 Å². The monoisotopic (exact) mass is 504 g/mol. The standard InChI is InChI=1S/C22H21BrN2O7/c1-28-14-11-13(16(23)20(30-3)19(14)29-2)17-15(21(26)31-4)18(22(27)32-5)25(24-17)12-9-7-6-8-10-12/h6-11H,1-5H3. The summed E-state index contributed by atoms with van der Waals surface area (Å²) in [5.74, 6) is -0.500. The fraction of sp³-hybridized carbons (Fsp3) is 0.227. The first-order valence-corrected chi connectivity index (χ1v) is 10.1. The summed E-state index contributed by atoms with van der Waals surface area (Å²) >= 11 is 3.50. The van der Waals surface area contributed by atoms with E-state index in [-0.39, 0.29) is 17.0 Å². The number of methoxy groups -OCH3 is 5. The van der Waals surface area contributed by atoms with E-state index in [0.29, 0.717) is 33.0 Å². The molecule has 0 amide bonds. The molecule has 1 heterocycles. The molecule has 0 bridgehead atoms. The van der Waals surface area contributed by atoms with Crippen molar-refractivity contribution in [1.82, 2.24) is 9.78 Å².